The molecule has 7 heteroatoms. The van der Waals surface area contributed by atoms with Gasteiger partial charge < -0.3 is 16.2 Å². The van der Waals surface area contributed by atoms with Crippen LogP contribution in [0.4, 0.5) is 5.82 Å². The molecule has 1 atom stereocenters. The normalized spacial score (nSPS) is 12.1. The standard InChI is InChI=1S/C10H16N4O3/c1-3-4-7(10(16)17)13-9(15)6-5-12-14(2)8(6)11/h5,7H,3-4,11H2,1-2H3,(H,13,15)(H,16,17). The van der Waals surface area contributed by atoms with Crippen molar-refractivity contribution in [2.24, 2.45) is 7.05 Å². The van der Waals surface area contributed by atoms with Crippen LogP contribution in [0.2, 0.25) is 0 Å². The van der Waals surface area contributed by atoms with E-state index in [2.05, 4.69) is 10.4 Å². The minimum absolute atomic E-state index is 0.190. The van der Waals surface area contributed by atoms with Gasteiger partial charge in [-0.25, -0.2) is 4.79 Å². The summed E-state index contributed by atoms with van der Waals surface area (Å²) < 4.78 is 1.35. The van der Waals surface area contributed by atoms with Crippen molar-refractivity contribution in [3.05, 3.63) is 11.8 Å². The van der Waals surface area contributed by atoms with Crippen molar-refractivity contribution in [1.29, 1.82) is 0 Å². The lowest BCUT2D eigenvalue weighted by Crippen LogP contribution is -2.40. The predicted molar refractivity (Wildman–Crippen MR) is 61.4 cm³/mol. The average Bonchev–Trinajstić information content (AvgIpc) is 2.59. The number of aromatic nitrogens is 2. The minimum atomic E-state index is -1.05. The van der Waals surface area contributed by atoms with E-state index in [-0.39, 0.29) is 11.4 Å². The van der Waals surface area contributed by atoms with E-state index >= 15 is 0 Å². The van der Waals surface area contributed by atoms with Crippen LogP contribution < -0.4 is 11.1 Å². The lowest BCUT2D eigenvalue weighted by molar-refractivity contribution is -0.139. The molecule has 1 aromatic rings. The van der Waals surface area contributed by atoms with E-state index in [0.717, 1.165) is 0 Å². The molecule has 1 heterocycles. The Bertz CT molecular complexity index is 427. The lowest BCUT2D eigenvalue weighted by atomic mass is 10.1. The Balaban J connectivity index is 2.77. The first-order valence-electron chi connectivity index (χ1n) is 5.28. The zero-order valence-corrected chi connectivity index (χ0v) is 9.80. The molecule has 0 aliphatic heterocycles. The number of aliphatic carboxylic acids is 1. The van der Waals surface area contributed by atoms with Crippen molar-refractivity contribution in [3.8, 4) is 0 Å². The van der Waals surface area contributed by atoms with E-state index in [9.17, 15) is 9.59 Å². The van der Waals surface area contributed by atoms with Crippen LogP contribution in [0.3, 0.4) is 0 Å². The Morgan fingerprint density at radius 3 is 2.71 bits per heavy atom. The fraction of sp³-hybridized carbons (Fsp3) is 0.500. The van der Waals surface area contributed by atoms with Crippen LogP contribution in [0.5, 0.6) is 0 Å². The number of aryl methyl sites for hydroxylation is 1. The third-order valence-corrected chi connectivity index (χ3v) is 2.41. The second-order valence-electron chi connectivity index (χ2n) is 3.72. The average molecular weight is 240 g/mol. The summed E-state index contributed by atoms with van der Waals surface area (Å²) >= 11 is 0. The maximum Gasteiger partial charge on any atom is 0.326 e. The maximum absolute atomic E-state index is 11.8. The van der Waals surface area contributed by atoms with Gasteiger partial charge in [-0.1, -0.05) is 13.3 Å². The highest BCUT2D eigenvalue weighted by Crippen LogP contribution is 2.09. The smallest absolute Gasteiger partial charge is 0.326 e. The zero-order chi connectivity index (χ0) is 13.0. The van der Waals surface area contributed by atoms with Crippen LogP contribution in [0, 0.1) is 0 Å². The molecule has 0 spiro atoms. The Morgan fingerprint density at radius 1 is 1.65 bits per heavy atom. The van der Waals surface area contributed by atoms with Gasteiger partial charge in [0.1, 0.15) is 17.4 Å². The van der Waals surface area contributed by atoms with Crippen molar-refractivity contribution in [2.45, 2.75) is 25.8 Å². The Kier molecular flexibility index (Phi) is 4.08. The number of nitrogens with zero attached hydrogens (tertiary/aromatic N) is 2. The molecule has 0 aromatic carbocycles. The summed E-state index contributed by atoms with van der Waals surface area (Å²) in [5.74, 6) is -1.36. The van der Waals surface area contributed by atoms with Gasteiger partial charge >= 0.3 is 5.97 Å². The van der Waals surface area contributed by atoms with Crippen LogP contribution >= 0.6 is 0 Å². The first-order chi connectivity index (χ1) is 7.97. The van der Waals surface area contributed by atoms with Crippen molar-refractivity contribution in [3.63, 3.8) is 0 Å². The molecule has 0 saturated heterocycles. The summed E-state index contributed by atoms with van der Waals surface area (Å²) in [6.07, 6.45) is 2.36. The van der Waals surface area contributed by atoms with Gasteiger partial charge in [0.15, 0.2) is 0 Å². The van der Waals surface area contributed by atoms with Gasteiger partial charge in [0.2, 0.25) is 0 Å². The molecular weight excluding hydrogens is 224 g/mol. The third-order valence-electron chi connectivity index (χ3n) is 2.41. The van der Waals surface area contributed by atoms with Crippen molar-refractivity contribution in [2.75, 3.05) is 5.73 Å². The number of hydrogen-bond donors (Lipinski definition) is 3. The molecule has 0 aliphatic rings. The quantitative estimate of drug-likeness (QED) is 0.670. The number of nitrogen functional groups attached to an aromatic ring is 1. The van der Waals surface area contributed by atoms with Crippen molar-refractivity contribution in [1.82, 2.24) is 15.1 Å². The maximum atomic E-state index is 11.8. The monoisotopic (exact) mass is 240 g/mol. The SMILES string of the molecule is CCCC(NC(=O)c1cnn(C)c1N)C(=O)O. The number of carbonyl (C=O) groups excluding carboxylic acids is 1. The second kappa shape index (κ2) is 5.33. The highest BCUT2D eigenvalue weighted by Gasteiger charge is 2.22. The fourth-order valence-electron chi connectivity index (χ4n) is 1.40. The molecule has 1 aromatic heterocycles. The Hall–Kier alpha value is -2.05. The first-order valence-corrected chi connectivity index (χ1v) is 5.28. The van der Waals surface area contributed by atoms with Crippen LogP contribution in [0.15, 0.2) is 6.20 Å². The molecule has 17 heavy (non-hydrogen) atoms. The first kappa shape index (κ1) is 13.0. The molecule has 1 rings (SSSR count). The molecule has 0 radical (unpaired) electrons. The van der Waals surface area contributed by atoms with E-state index in [1.54, 1.807) is 7.05 Å². The fourth-order valence-corrected chi connectivity index (χ4v) is 1.40. The number of carbonyl (C=O) groups is 2. The summed E-state index contributed by atoms with van der Waals surface area (Å²) in [6.45, 7) is 1.85. The van der Waals surface area contributed by atoms with Gasteiger partial charge in [-0.3, -0.25) is 9.48 Å². The summed E-state index contributed by atoms with van der Waals surface area (Å²) in [4.78, 5) is 22.6. The molecule has 94 valence electrons. The highest BCUT2D eigenvalue weighted by molar-refractivity contribution is 6.00. The van der Waals surface area contributed by atoms with Crippen LogP contribution in [-0.2, 0) is 11.8 Å². The van der Waals surface area contributed by atoms with Crippen molar-refractivity contribution >= 4 is 17.7 Å². The van der Waals surface area contributed by atoms with Gasteiger partial charge in [0.25, 0.3) is 5.91 Å². The minimum Gasteiger partial charge on any atom is -0.480 e. The summed E-state index contributed by atoms with van der Waals surface area (Å²) in [6, 6.07) is -0.896. The number of nitrogens with one attached hydrogen (secondary N) is 1. The van der Waals surface area contributed by atoms with E-state index < -0.39 is 17.9 Å². The second-order valence-corrected chi connectivity index (χ2v) is 3.72. The molecule has 7 nitrogen and oxygen atoms in total. The van der Waals surface area contributed by atoms with E-state index in [1.165, 1.54) is 10.9 Å². The number of carboxylic acid groups (broad SMARTS) is 1. The Labute approximate surface area is 98.6 Å². The summed E-state index contributed by atoms with van der Waals surface area (Å²) in [5, 5.41) is 15.1. The van der Waals surface area contributed by atoms with Gasteiger partial charge in [-0.05, 0) is 6.42 Å². The topological polar surface area (TPSA) is 110 Å². The number of anilines is 1. The van der Waals surface area contributed by atoms with Gasteiger partial charge in [0, 0.05) is 7.05 Å². The van der Waals surface area contributed by atoms with Crippen molar-refractivity contribution < 1.29 is 14.7 Å². The number of carboxylic acids is 1. The van der Waals surface area contributed by atoms with Crippen LogP contribution in [0.25, 0.3) is 0 Å². The third kappa shape index (κ3) is 2.96. The highest BCUT2D eigenvalue weighted by atomic mass is 16.4. The number of hydrogen-bond acceptors (Lipinski definition) is 4. The summed E-state index contributed by atoms with van der Waals surface area (Å²) in [7, 11) is 1.60. The molecule has 4 N–H and O–H groups in total. The number of rotatable bonds is 5. The molecular formula is C10H16N4O3. The molecule has 1 unspecified atom stereocenters. The molecule has 0 fully saturated rings. The van der Waals surface area contributed by atoms with Gasteiger partial charge in [-0.2, -0.15) is 5.10 Å². The molecule has 0 bridgehead atoms. The molecule has 0 aliphatic carbocycles. The van der Waals surface area contributed by atoms with E-state index in [0.29, 0.717) is 12.8 Å². The zero-order valence-electron chi connectivity index (χ0n) is 9.80. The van der Waals surface area contributed by atoms with Crippen LogP contribution in [0.1, 0.15) is 30.1 Å². The lowest BCUT2D eigenvalue weighted by Gasteiger charge is -2.12. The number of amides is 1. The molecule has 1 amide bonds. The van der Waals surface area contributed by atoms with Gasteiger partial charge in [-0.15, -0.1) is 0 Å². The van der Waals surface area contributed by atoms with Gasteiger partial charge in [0.05, 0.1) is 6.20 Å². The Morgan fingerprint density at radius 2 is 2.29 bits per heavy atom. The largest absolute Gasteiger partial charge is 0.480 e. The predicted octanol–water partition coefficient (Wildman–Crippen LogP) is -0.0146. The molecule has 0 saturated carbocycles. The van der Waals surface area contributed by atoms with E-state index in [4.69, 9.17) is 10.8 Å². The summed E-state index contributed by atoms with van der Waals surface area (Å²) in [5.41, 5.74) is 5.81. The number of nitrogens with two attached hydrogens (primary N) is 1. The van der Waals surface area contributed by atoms with E-state index in [1.807, 2.05) is 6.92 Å². The van der Waals surface area contributed by atoms with Crippen LogP contribution in [-0.4, -0.2) is 32.8 Å².